The van der Waals surface area contributed by atoms with Gasteiger partial charge in [-0.25, -0.2) is 9.37 Å². The van der Waals surface area contributed by atoms with E-state index in [2.05, 4.69) is 9.97 Å². The molecule has 2 heterocycles. The molecule has 1 atom stereocenters. The number of halogens is 1. The first-order chi connectivity index (χ1) is 7.25. The van der Waals surface area contributed by atoms with E-state index in [-0.39, 0.29) is 6.42 Å². The van der Waals surface area contributed by atoms with Crippen molar-refractivity contribution >= 4 is 0 Å². The van der Waals surface area contributed by atoms with Crippen molar-refractivity contribution in [2.45, 2.75) is 12.8 Å². The smallest absolute Gasteiger partial charge is 0.200 e. The number of aliphatic hydroxyl groups excluding tert-OH is 1. The Hall–Kier alpha value is -1.75. The fourth-order valence-electron chi connectivity index (χ4n) is 1.23. The highest BCUT2D eigenvalue weighted by Crippen LogP contribution is 2.16. The van der Waals surface area contributed by atoms with E-state index in [4.69, 9.17) is 9.52 Å². The normalized spacial score (nSPS) is 12.7. The van der Waals surface area contributed by atoms with Gasteiger partial charge in [0.2, 0.25) is 0 Å². The van der Waals surface area contributed by atoms with Crippen LogP contribution in [0, 0.1) is 0 Å². The summed E-state index contributed by atoms with van der Waals surface area (Å²) in [6, 6.07) is 3.38. The van der Waals surface area contributed by atoms with Gasteiger partial charge >= 0.3 is 0 Å². The lowest BCUT2D eigenvalue weighted by atomic mass is 10.2. The lowest BCUT2D eigenvalue weighted by molar-refractivity contribution is 0.0429. The summed E-state index contributed by atoms with van der Waals surface area (Å²) in [5.41, 5.74) is 1.26. The van der Waals surface area contributed by atoms with E-state index < -0.39 is 6.36 Å². The van der Waals surface area contributed by atoms with Gasteiger partial charge in [0.15, 0.2) is 18.5 Å². The number of nitrogens with zero attached hydrogens (tertiary/aromatic N) is 2. The molecule has 0 aromatic carbocycles. The standard InChI is InChI=1S/C10H9FN2O2/c11-10(14)3-7-1-2-8(13-4-7)9-5-12-6-15-9/h1-2,4-6,10,14H,3H2. The predicted molar refractivity (Wildman–Crippen MR) is 50.6 cm³/mol. The summed E-state index contributed by atoms with van der Waals surface area (Å²) in [6.45, 7) is 0. The molecule has 0 radical (unpaired) electrons. The summed E-state index contributed by atoms with van der Waals surface area (Å²) < 4.78 is 17.3. The third-order valence-electron chi connectivity index (χ3n) is 1.91. The van der Waals surface area contributed by atoms with Gasteiger partial charge in [-0.15, -0.1) is 0 Å². The molecule has 0 saturated carbocycles. The second-order valence-electron chi connectivity index (χ2n) is 3.06. The monoisotopic (exact) mass is 208 g/mol. The molecule has 78 valence electrons. The molecule has 2 rings (SSSR count). The maximum atomic E-state index is 12.3. The van der Waals surface area contributed by atoms with Crippen LogP contribution in [0.2, 0.25) is 0 Å². The van der Waals surface area contributed by atoms with Crippen molar-refractivity contribution in [2.24, 2.45) is 0 Å². The minimum atomic E-state index is -1.84. The van der Waals surface area contributed by atoms with Crippen molar-refractivity contribution < 1.29 is 13.9 Å². The molecule has 0 spiro atoms. The summed E-state index contributed by atoms with van der Waals surface area (Å²) in [4.78, 5) is 7.83. The topological polar surface area (TPSA) is 59.2 Å². The molecule has 0 saturated heterocycles. The predicted octanol–water partition coefficient (Wildman–Crippen LogP) is 1.57. The average molecular weight is 208 g/mol. The van der Waals surface area contributed by atoms with E-state index in [1.807, 2.05) is 0 Å². The van der Waals surface area contributed by atoms with Gasteiger partial charge in [0, 0.05) is 12.6 Å². The second-order valence-corrected chi connectivity index (χ2v) is 3.06. The van der Waals surface area contributed by atoms with Gasteiger partial charge < -0.3 is 9.52 Å². The van der Waals surface area contributed by atoms with Crippen molar-refractivity contribution in [1.82, 2.24) is 9.97 Å². The Morgan fingerprint density at radius 3 is 2.80 bits per heavy atom. The van der Waals surface area contributed by atoms with Crippen molar-refractivity contribution in [3.8, 4) is 11.5 Å². The molecule has 1 N–H and O–H groups in total. The van der Waals surface area contributed by atoms with E-state index >= 15 is 0 Å². The number of hydrogen-bond donors (Lipinski definition) is 1. The number of aromatic nitrogens is 2. The minimum absolute atomic E-state index is 0.0519. The van der Waals surface area contributed by atoms with Gasteiger partial charge in [-0.2, -0.15) is 0 Å². The highest BCUT2D eigenvalue weighted by molar-refractivity contribution is 5.50. The quantitative estimate of drug-likeness (QED) is 0.831. The van der Waals surface area contributed by atoms with Crippen molar-refractivity contribution in [2.75, 3.05) is 0 Å². The first-order valence-corrected chi connectivity index (χ1v) is 4.41. The van der Waals surface area contributed by atoms with Crippen LogP contribution >= 0.6 is 0 Å². The molecule has 5 heteroatoms. The van der Waals surface area contributed by atoms with E-state index in [0.717, 1.165) is 0 Å². The van der Waals surface area contributed by atoms with Crippen LogP contribution in [0.5, 0.6) is 0 Å². The SMILES string of the molecule is OC(F)Cc1ccc(-c2cnco2)nc1. The summed E-state index contributed by atoms with van der Waals surface area (Å²) in [5, 5.41) is 8.54. The Kier molecular flexibility index (Phi) is 2.73. The molecule has 0 aliphatic carbocycles. The van der Waals surface area contributed by atoms with Crippen LogP contribution in [-0.4, -0.2) is 21.4 Å². The average Bonchev–Trinajstić information content (AvgIpc) is 2.71. The molecule has 15 heavy (non-hydrogen) atoms. The Morgan fingerprint density at radius 1 is 1.40 bits per heavy atom. The number of alkyl halides is 1. The van der Waals surface area contributed by atoms with Gasteiger partial charge in [-0.1, -0.05) is 6.07 Å². The number of rotatable bonds is 3. The largest absolute Gasteiger partial charge is 0.442 e. The lowest BCUT2D eigenvalue weighted by Gasteiger charge is -2.01. The third kappa shape index (κ3) is 2.38. The zero-order valence-corrected chi connectivity index (χ0v) is 7.80. The van der Waals surface area contributed by atoms with Crippen LogP contribution in [0.25, 0.3) is 11.5 Å². The van der Waals surface area contributed by atoms with Crippen molar-refractivity contribution in [3.63, 3.8) is 0 Å². The molecule has 2 aromatic rings. The molecule has 1 unspecified atom stereocenters. The fraction of sp³-hybridized carbons (Fsp3) is 0.200. The summed E-state index contributed by atoms with van der Waals surface area (Å²) >= 11 is 0. The van der Waals surface area contributed by atoms with Gasteiger partial charge in [0.1, 0.15) is 5.69 Å². The maximum Gasteiger partial charge on any atom is 0.200 e. The number of oxazole rings is 1. The number of hydrogen-bond acceptors (Lipinski definition) is 4. The summed E-state index contributed by atoms with van der Waals surface area (Å²) in [7, 11) is 0. The van der Waals surface area contributed by atoms with Crippen LogP contribution < -0.4 is 0 Å². The van der Waals surface area contributed by atoms with Crippen LogP contribution in [0.1, 0.15) is 5.56 Å². The fourth-order valence-corrected chi connectivity index (χ4v) is 1.23. The Balaban J connectivity index is 2.17. The Bertz CT molecular complexity index is 411. The van der Waals surface area contributed by atoms with Crippen LogP contribution in [-0.2, 0) is 6.42 Å². The van der Waals surface area contributed by atoms with E-state index in [1.165, 1.54) is 12.6 Å². The lowest BCUT2D eigenvalue weighted by Crippen LogP contribution is -2.02. The van der Waals surface area contributed by atoms with E-state index in [9.17, 15) is 4.39 Å². The summed E-state index contributed by atoms with van der Waals surface area (Å²) in [5.74, 6) is 0.558. The van der Waals surface area contributed by atoms with Crippen LogP contribution in [0.3, 0.4) is 0 Å². The van der Waals surface area contributed by atoms with Gasteiger partial charge in [0.25, 0.3) is 0 Å². The number of aliphatic hydroxyl groups is 1. The first-order valence-electron chi connectivity index (χ1n) is 4.41. The van der Waals surface area contributed by atoms with Gasteiger partial charge in [-0.3, -0.25) is 4.98 Å². The number of pyridine rings is 1. The Morgan fingerprint density at radius 2 is 2.27 bits per heavy atom. The molecule has 0 amide bonds. The van der Waals surface area contributed by atoms with Crippen molar-refractivity contribution in [1.29, 1.82) is 0 Å². The first kappa shape index (κ1) is 9.79. The highest BCUT2D eigenvalue weighted by Gasteiger charge is 2.05. The molecular weight excluding hydrogens is 199 g/mol. The molecule has 0 aliphatic heterocycles. The third-order valence-corrected chi connectivity index (χ3v) is 1.91. The zero-order valence-electron chi connectivity index (χ0n) is 7.80. The van der Waals surface area contributed by atoms with Gasteiger partial charge in [0.05, 0.1) is 6.20 Å². The molecule has 0 bridgehead atoms. The summed E-state index contributed by atoms with van der Waals surface area (Å²) in [6.07, 6.45) is 2.47. The Labute approximate surface area is 85.4 Å². The highest BCUT2D eigenvalue weighted by atomic mass is 19.1. The molecular formula is C10H9FN2O2. The van der Waals surface area contributed by atoms with Crippen molar-refractivity contribution in [3.05, 3.63) is 36.5 Å². The van der Waals surface area contributed by atoms with Crippen LogP contribution in [0.15, 0.2) is 35.3 Å². The van der Waals surface area contributed by atoms with E-state index in [0.29, 0.717) is 17.0 Å². The second kappa shape index (κ2) is 4.18. The molecule has 2 aromatic heterocycles. The zero-order chi connectivity index (χ0) is 10.7. The van der Waals surface area contributed by atoms with Crippen LogP contribution in [0.4, 0.5) is 4.39 Å². The molecule has 0 aliphatic rings. The molecule has 0 fully saturated rings. The molecule has 4 nitrogen and oxygen atoms in total. The minimum Gasteiger partial charge on any atom is -0.442 e. The maximum absolute atomic E-state index is 12.3. The van der Waals surface area contributed by atoms with Gasteiger partial charge in [-0.05, 0) is 11.6 Å². The van der Waals surface area contributed by atoms with E-state index in [1.54, 1.807) is 18.3 Å².